The van der Waals surface area contributed by atoms with Crippen LogP contribution in [0.5, 0.6) is 0 Å². The van der Waals surface area contributed by atoms with Crippen LogP contribution in [0.4, 0.5) is 0 Å². The summed E-state index contributed by atoms with van der Waals surface area (Å²) in [5.74, 6) is 0.364. The van der Waals surface area contributed by atoms with Crippen molar-refractivity contribution in [2.75, 3.05) is 0 Å². The summed E-state index contributed by atoms with van der Waals surface area (Å²) >= 11 is 1.38. The molecular formula is C17H18N2O3S. The van der Waals surface area contributed by atoms with Crippen LogP contribution in [0.15, 0.2) is 23.1 Å². The van der Waals surface area contributed by atoms with Crippen molar-refractivity contribution in [2.45, 2.75) is 38.0 Å². The van der Waals surface area contributed by atoms with Crippen molar-refractivity contribution in [3.05, 3.63) is 29.1 Å². The monoisotopic (exact) mass is 330 g/mol. The number of carboxylic acids is 1. The van der Waals surface area contributed by atoms with E-state index in [1.54, 1.807) is 12.3 Å². The van der Waals surface area contributed by atoms with Crippen molar-refractivity contribution >= 4 is 27.5 Å². The second kappa shape index (κ2) is 5.53. The topological polar surface area (TPSA) is 68.3 Å². The maximum absolute atomic E-state index is 11.4. The van der Waals surface area contributed by atoms with Crippen molar-refractivity contribution in [2.24, 2.45) is 7.05 Å². The number of hydrogen-bond donors (Lipinski definition) is 1. The Labute approximate surface area is 137 Å². The maximum atomic E-state index is 11.4. The summed E-state index contributed by atoms with van der Waals surface area (Å²) in [5, 5.41) is 9.32. The van der Waals surface area contributed by atoms with Gasteiger partial charge in [0.1, 0.15) is 4.88 Å². The second-order valence-corrected chi connectivity index (χ2v) is 7.20. The van der Waals surface area contributed by atoms with Crippen molar-refractivity contribution in [1.29, 1.82) is 0 Å². The number of nitrogens with zero attached hydrogens (tertiary/aromatic N) is 2. The third-order valence-electron chi connectivity index (χ3n) is 4.80. The number of thiophene rings is 1. The normalized spacial score (nSPS) is 16.2. The van der Waals surface area contributed by atoms with Crippen LogP contribution in [0.25, 0.3) is 21.7 Å². The van der Waals surface area contributed by atoms with Crippen LogP contribution < -0.4 is 0 Å². The number of aromatic nitrogens is 2. The van der Waals surface area contributed by atoms with Gasteiger partial charge in [-0.25, -0.2) is 9.78 Å². The van der Waals surface area contributed by atoms with Crippen molar-refractivity contribution in [3.63, 3.8) is 0 Å². The Morgan fingerprint density at radius 3 is 2.83 bits per heavy atom. The van der Waals surface area contributed by atoms with Crippen molar-refractivity contribution < 1.29 is 14.3 Å². The van der Waals surface area contributed by atoms with Gasteiger partial charge in [-0.3, -0.25) is 0 Å². The van der Waals surface area contributed by atoms with E-state index in [0.717, 1.165) is 34.5 Å². The van der Waals surface area contributed by atoms with E-state index >= 15 is 0 Å². The van der Waals surface area contributed by atoms with E-state index in [9.17, 15) is 9.90 Å². The average Bonchev–Trinajstić information content (AvgIpc) is 3.25. The van der Waals surface area contributed by atoms with Gasteiger partial charge in [-0.15, -0.1) is 11.3 Å². The Hall–Kier alpha value is -2.08. The lowest BCUT2D eigenvalue weighted by atomic mass is 9.83. The zero-order valence-electron chi connectivity index (χ0n) is 12.9. The van der Waals surface area contributed by atoms with Gasteiger partial charge < -0.3 is 14.1 Å². The van der Waals surface area contributed by atoms with Gasteiger partial charge in [-0.2, -0.15) is 0 Å². The van der Waals surface area contributed by atoms with Crippen LogP contribution in [0.2, 0.25) is 0 Å². The highest BCUT2D eigenvalue weighted by molar-refractivity contribution is 7.21. The molecule has 5 nitrogen and oxygen atoms in total. The van der Waals surface area contributed by atoms with Crippen LogP contribution in [0.3, 0.4) is 0 Å². The molecule has 23 heavy (non-hydrogen) atoms. The minimum absolute atomic E-state index is 0.395. The third kappa shape index (κ3) is 2.28. The van der Waals surface area contributed by atoms with Gasteiger partial charge in [0.05, 0.1) is 22.1 Å². The van der Waals surface area contributed by atoms with E-state index in [-0.39, 0.29) is 0 Å². The summed E-state index contributed by atoms with van der Waals surface area (Å²) < 4.78 is 8.71. The molecule has 1 saturated carbocycles. The Morgan fingerprint density at radius 2 is 2.17 bits per heavy atom. The van der Waals surface area contributed by atoms with E-state index in [1.807, 2.05) is 7.05 Å². The highest BCUT2D eigenvalue weighted by Crippen LogP contribution is 2.46. The number of oxazole rings is 1. The molecule has 3 heterocycles. The van der Waals surface area contributed by atoms with Gasteiger partial charge >= 0.3 is 5.97 Å². The zero-order chi connectivity index (χ0) is 16.0. The molecule has 0 radical (unpaired) electrons. The molecule has 0 aliphatic heterocycles. The molecule has 0 spiro atoms. The summed E-state index contributed by atoms with van der Waals surface area (Å²) in [4.78, 5) is 15.8. The molecule has 1 aliphatic carbocycles. The molecule has 1 aliphatic rings. The highest BCUT2D eigenvalue weighted by atomic mass is 32.1. The van der Waals surface area contributed by atoms with E-state index in [2.05, 4.69) is 9.55 Å². The molecule has 3 aromatic heterocycles. The minimum Gasteiger partial charge on any atom is -0.477 e. The zero-order valence-corrected chi connectivity index (χ0v) is 13.7. The molecule has 0 bridgehead atoms. The van der Waals surface area contributed by atoms with E-state index in [4.69, 9.17) is 4.42 Å². The number of aromatic carboxylic acids is 1. The Kier molecular flexibility index (Phi) is 3.49. The van der Waals surface area contributed by atoms with Gasteiger partial charge in [0, 0.05) is 12.6 Å². The first kappa shape index (κ1) is 14.5. The molecule has 0 aromatic carbocycles. The molecular weight excluding hydrogens is 312 g/mol. The smallest absolute Gasteiger partial charge is 0.345 e. The Morgan fingerprint density at radius 1 is 1.39 bits per heavy atom. The quantitative estimate of drug-likeness (QED) is 0.759. The fraction of sp³-hybridized carbons (Fsp3) is 0.412. The number of hydrogen-bond acceptors (Lipinski definition) is 4. The lowest BCUT2D eigenvalue weighted by molar-refractivity contribution is 0.0702. The van der Waals surface area contributed by atoms with Gasteiger partial charge in [-0.1, -0.05) is 19.3 Å². The lowest BCUT2D eigenvalue weighted by Crippen LogP contribution is -2.06. The van der Waals surface area contributed by atoms with Crippen LogP contribution in [0.1, 0.15) is 53.3 Å². The first-order chi connectivity index (χ1) is 11.2. The third-order valence-corrected chi connectivity index (χ3v) is 5.94. The molecule has 0 amide bonds. The second-order valence-electron chi connectivity index (χ2n) is 6.15. The van der Waals surface area contributed by atoms with Crippen LogP contribution in [-0.4, -0.2) is 20.6 Å². The van der Waals surface area contributed by atoms with Crippen LogP contribution >= 0.6 is 11.3 Å². The number of fused-ring (bicyclic) bond motifs is 1. The van der Waals surface area contributed by atoms with Crippen molar-refractivity contribution in [3.8, 4) is 11.5 Å². The van der Waals surface area contributed by atoms with Crippen LogP contribution in [0, 0.1) is 0 Å². The van der Waals surface area contributed by atoms with Gasteiger partial charge in [-0.05, 0) is 24.8 Å². The fourth-order valence-corrected chi connectivity index (χ4v) is 4.89. The Bertz CT molecular complexity index is 854. The minimum atomic E-state index is -0.859. The molecule has 6 heteroatoms. The molecule has 4 rings (SSSR count). The maximum Gasteiger partial charge on any atom is 0.345 e. The first-order valence-corrected chi connectivity index (χ1v) is 8.72. The van der Waals surface area contributed by atoms with E-state index in [0.29, 0.717) is 10.8 Å². The summed E-state index contributed by atoms with van der Waals surface area (Å²) in [5.41, 5.74) is 3.27. The first-order valence-electron chi connectivity index (χ1n) is 7.91. The molecule has 120 valence electrons. The number of carbonyl (C=O) groups is 1. The molecule has 0 saturated heterocycles. The number of carboxylic acid groups (broad SMARTS) is 1. The van der Waals surface area contributed by atoms with Crippen molar-refractivity contribution in [1.82, 2.24) is 9.55 Å². The number of rotatable bonds is 3. The molecule has 1 N–H and O–H groups in total. The molecule has 0 unspecified atom stereocenters. The summed E-state index contributed by atoms with van der Waals surface area (Å²) in [7, 11) is 1.98. The summed E-state index contributed by atoms with van der Waals surface area (Å²) in [6.45, 7) is 0. The van der Waals surface area contributed by atoms with Gasteiger partial charge in [0.15, 0.2) is 12.2 Å². The molecule has 3 aromatic rings. The number of aryl methyl sites for hydroxylation is 1. The summed E-state index contributed by atoms with van der Waals surface area (Å²) in [6, 6.07) is 1.77. The summed E-state index contributed by atoms with van der Waals surface area (Å²) in [6.07, 6.45) is 9.24. The van der Waals surface area contributed by atoms with E-state index in [1.165, 1.54) is 42.6 Å². The largest absolute Gasteiger partial charge is 0.477 e. The molecule has 0 atom stereocenters. The van der Waals surface area contributed by atoms with E-state index < -0.39 is 5.97 Å². The highest BCUT2D eigenvalue weighted by Gasteiger charge is 2.28. The Balaban J connectivity index is 1.97. The SMILES string of the molecule is Cn1c(-c2cnco2)c(C2CCCCC2)c2sc(C(=O)O)cc21. The lowest BCUT2D eigenvalue weighted by Gasteiger charge is -2.22. The predicted molar refractivity (Wildman–Crippen MR) is 89.1 cm³/mol. The van der Waals surface area contributed by atoms with Gasteiger partial charge in [0.25, 0.3) is 0 Å². The van der Waals surface area contributed by atoms with Gasteiger partial charge in [0.2, 0.25) is 0 Å². The average molecular weight is 330 g/mol. The standard InChI is InChI=1S/C17H18N2O3S/c1-19-11-7-13(17(20)21)23-16(11)14(10-5-3-2-4-6-10)15(19)12-8-18-9-22-12/h7-10H,2-6H2,1H3,(H,20,21). The predicted octanol–water partition coefficient (Wildman–Crippen LogP) is 4.64. The fourth-order valence-electron chi connectivity index (χ4n) is 3.74. The molecule has 1 fully saturated rings. The van der Waals surface area contributed by atoms with Crippen LogP contribution in [-0.2, 0) is 7.05 Å².